The first-order valence-corrected chi connectivity index (χ1v) is 11.5. The third-order valence-electron chi connectivity index (χ3n) is 5.07. The van der Waals surface area contributed by atoms with Crippen LogP contribution in [-0.2, 0) is 9.59 Å². The van der Waals surface area contributed by atoms with E-state index in [0.29, 0.717) is 17.0 Å². The Morgan fingerprint density at radius 2 is 1.87 bits per heavy atom. The van der Waals surface area contributed by atoms with Crippen molar-refractivity contribution >= 4 is 35.0 Å². The first-order valence-electron chi connectivity index (χ1n) is 10.5. The molecule has 2 aromatic rings. The van der Waals surface area contributed by atoms with E-state index in [1.165, 1.54) is 18.9 Å². The van der Waals surface area contributed by atoms with Gasteiger partial charge in [0.05, 0.1) is 5.75 Å². The number of thioether (sulfide) groups is 1. The van der Waals surface area contributed by atoms with E-state index in [1.54, 1.807) is 0 Å². The number of anilines is 2. The fourth-order valence-electron chi connectivity index (χ4n) is 3.49. The van der Waals surface area contributed by atoms with Crippen LogP contribution in [0.4, 0.5) is 20.2 Å². The normalized spacial score (nSPS) is 14.4. The molecule has 0 bridgehead atoms. The third kappa shape index (κ3) is 6.69. The number of hydrogen-bond acceptors (Lipinski definition) is 4. The van der Waals surface area contributed by atoms with Gasteiger partial charge in [0.1, 0.15) is 6.04 Å². The number of nitrogens with one attached hydrogen (secondary N) is 2. The summed E-state index contributed by atoms with van der Waals surface area (Å²) in [5.41, 5.74) is 1.77. The Morgan fingerprint density at radius 3 is 2.58 bits per heavy atom. The summed E-state index contributed by atoms with van der Waals surface area (Å²) in [6.07, 6.45) is 3.56. The highest BCUT2D eigenvalue weighted by atomic mass is 32.2. The lowest BCUT2D eigenvalue weighted by molar-refractivity contribution is -0.125. The average Bonchev–Trinajstić information content (AvgIpc) is 3.29. The van der Waals surface area contributed by atoms with E-state index in [-0.39, 0.29) is 17.6 Å². The van der Waals surface area contributed by atoms with Gasteiger partial charge in [-0.2, -0.15) is 0 Å². The fraction of sp³-hybridized carbons (Fsp3) is 0.391. The lowest BCUT2D eigenvalue weighted by Crippen LogP contribution is -2.44. The van der Waals surface area contributed by atoms with Crippen LogP contribution in [0.1, 0.15) is 32.6 Å². The van der Waals surface area contributed by atoms with Gasteiger partial charge >= 0.3 is 0 Å². The van der Waals surface area contributed by atoms with Crippen molar-refractivity contribution in [3.63, 3.8) is 0 Å². The largest absolute Gasteiger partial charge is 0.371 e. The molecule has 8 heteroatoms. The standard InChI is InChI=1S/C23H27F2N3O2S/c1-2-6-21(27-22(29)15-31-18-9-10-19(24)20(25)14-18)23(30)26-16-7-5-8-17(13-16)28-11-3-4-12-28/h5,7-10,13-14,21H,2-4,6,11-12,15H2,1H3,(H,26,30)(H,27,29). The van der Waals surface area contributed by atoms with Gasteiger partial charge in [-0.05, 0) is 55.7 Å². The first kappa shape index (κ1) is 23.1. The van der Waals surface area contributed by atoms with E-state index >= 15 is 0 Å². The summed E-state index contributed by atoms with van der Waals surface area (Å²) in [5.74, 6) is -2.49. The van der Waals surface area contributed by atoms with Gasteiger partial charge in [-0.25, -0.2) is 8.78 Å². The number of carbonyl (C=O) groups excluding carboxylic acids is 2. The summed E-state index contributed by atoms with van der Waals surface area (Å²) >= 11 is 1.09. The second-order valence-electron chi connectivity index (χ2n) is 7.51. The number of nitrogens with zero attached hydrogens (tertiary/aromatic N) is 1. The first-order chi connectivity index (χ1) is 15.0. The van der Waals surface area contributed by atoms with Crippen LogP contribution < -0.4 is 15.5 Å². The van der Waals surface area contributed by atoms with Gasteiger partial charge in [0.2, 0.25) is 11.8 Å². The molecule has 1 fully saturated rings. The van der Waals surface area contributed by atoms with E-state index in [2.05, 4.69) is 15.5 Å². The van der Waals surface area contributed by atoms with Gasteiger partial charge in [0, 0.05) is 29.4 Å². The smallest absolute Gasteiger partial charge is 0.246 e. The molecule has 1 aliphatic heterocycles. The lowest BCUT2D eigenvalue weighted by atomic mass is 10.1. The fourth-order valence-corrected chi connectivity index (χ4v) is 4.23. The van der Waals surface area contributed by atoms with Gasteiger partial charge in [-0.1, -0.05) is 19.4 Å². The van der Waals surface area contributed by atoms with E-state index in [9.17, 15) is 18.4 Å². The monoisotopic (exact) mass is 447 g/mol. The van der Waals surface area contributed by atoms with Gasteiger partial charge < -0.3 is 15.5 Å². The van der Waals surface area contributed by atoms with Crippen LogP contribution in [0.5, 0.6) is 0 Å². The van der Waals surface area contributed by atoms with Gasteiger partial charge in [0.25, 0.3) is 0 Å². The van der Waals surface area contributed by atoms with Crippen LogP contribution in [0.2, 0.25) is 0 Å². The number of hydrogen-bond donors (Lipinski definition) is 2. The number of carbonyl (C=O) groups is 2. The second-order valence-corrected chi connectivity index (χ2v) is 8.56. The van der Waals surface area contributed by atoms with Crippen LogP contribution in [0.3, 0.4) is 0 Å². The van der Waals surface area contributed by atoms with Crippen LogP contribution >= 0.6 is 11.8 Å². The molecule has 3 rings (SSSR count). The zero-order valence-electron chi connectivity index (χ0n) is 17.5. The third-order valence-corrected chi connectivity index (χ3v) is 6.07. The molecule has 2 amide bonds. The SMILES string of the molecule is CCCC(NC(=O)CSc1ccc(F)c(F)c1)C(=O)Nc1cccc(N2CCCC2)c1. The highest BCUT2D eigenvalue weighted by Crippen LogP contribution is 2.24. The summed E-state index contributed by atoms with van der Waals surface area (Å²) in [7, 11) is 0. The summed E-state index contributed by atoms with van der Waals surface area (Å²) in [4.78, 5) is 27.9. The molecule has 1 aliphatic rings. The maximum Gasteiger partial charge on any atom is 0.246 e. The molecule has 0 spiro atoms. The molecule has 2 N–H and O–H groups in total. The van der Waals surface area contributed by atoms with Crippen molar-refractivity contribution in [3.8, 4) is 0 Å². The molecule has 31 heavy (non-hydrogen) atoms. The summed E-state index contributed by atoms with van der Waals surface area (Å²) in [5, 5.41) is 5.66. The Hall–Kier alpha value is -2.61. The number of amides is 2. The van der Waals surface area contributed by atoms with Gasteiger partial charge in [0.15, 0.2) is 11.6 Å². The van der Waals surface area contributed by atoms with Crippen molar-refractivity contribution in [2.45, 2.75) is 43.5 Å². The summed E-state index contributed by atoms with van der Waals surface area (Å²) < 4.78 is 26.3. The number of benzene rings is 2. The molecule has 0 saturated carbocycles. The lowest BCUT2D eigenvalue weighted by Gasteiger charge is -2.20. The molecule has 2 aromatic carbocycles. The zero-order chi connectivity index (χ0) is 22.2. The minimum atomic E-state index is -0.954. The summed E-state index contributed by atoms with van der Waals surface area (Å²) in [6.45, 7) is 3.97. The molecule has 0 aliphatic carbocycles. The van der Waals surface area contributed by atoms with Crippen molar-refractivity contribution in [1.82, 2.24) is 5.32 Å². The molecule has 166 valence electrons. The quantitative estimate of drug-likeness (QED) is 0.553. The van der Waals surface area contributed by atoms with Crippen LogP contribution in [0.25, 0.3) is 0 Å². The van der Waals surface area contributed by atoms with Gasteiger partial charge in [-0.15, -0.1) is 11.8 Å². The van der Waals surface area contributed by atoms with Crippen LogP contribution in [-0.4, -0.2) is 36.7 Å². The molecule has 1 saturated heterocycles. The predicted molar refractivity (Wildman–Crippen MR) is 120 cm³/mol. The highest BCUT2D eigenvalue weighted by molar-refractivity contribution is 8.00. The van der Waals surface area contributed by atoms with Crippen molar-refractivity contribution in [2.24, 2.45) is 0 Å². The molecule has 0 radical (unpaired) electrons. The maximum absolute atomic E-state index is 13.3. The van der Waals surface area contributed by atoms with Crippen molar-refractivity contribution in [2.75, 3.05) is 29.1 Å². The Balaban J connectivity index is 1.56. The zero-order valence-corrected chi connectivity index (χ0v) is 18.3. The van der Waals surface area contributed by atoms with Crippen molar-refractivity contribution < 1.29 is 18.4 Å². The Morgan fingerprint density at radius 1 is 1.10 bits per heavy atom. The number of rotatable bonds is 9. The summed E-state index contributed by atoms with van der Waals surface area (Å²) in [6, 6.07) is 10.6. The van der Waals surface area contributed by atoms with E-state index in [0.717, 1.165) is 49.1 Å². The highest BCUT2D eigenvalue weighted by Gasteiger charge is 2.21. The Bertz CT molecular complexity index is 919. The van der Waals surface area contributed by atoms with E-state index < -0.39 is 17.7 Å². The van der Waals surface area contributed by atoms with Crippen LogP contribution in [0, 0.1) is 11.6 Å². The van der Waals surface area contributed by atoms with E-state index in [4.69, 9.17) is 0 Å². The topological polar surface area (TPSA) is 61.4 Å². The maximum atomic E-state index is 13.3. The molecule has 1 atom stereocenters. The minimum Gasteiger partial charge on any atom is -0.371 e. The Kier molecular flexibility index (Phi) is 8.28. The molecule has 1 heterocycles. The van der Waals surface area contributed by atoms with Gasteiger partial charge in [-0.3, -0.25) is 9.59 Å². The average molecular weight is 448 g/mol. The van der Waals surface area contributed by atoms with E-state index in [1.807, 2.05) is 31.2 Å². The van der Waals surface area contributed by atoms with Crippen LogP contribution in [0.15, 0.2) is 47.4 Å². The molecular formula is C23H27F2N3O2S. The van der Waals surface area contributed by atoms with Crippen molar-refractivity contribution in [3.05, 3.63) is 54.1 Å². The molecule has 1 unspecified atom stereocenters. The van der Waals surface area contributed by atoms with Crippen molar-refractivity contribution in [1.29, 1.82) is 0 Å². The number of halogens is 2. The Labute approximate surface area is 185 Å². The predicted octanol–water partition coefficient (Wildman–Crippen LogP) is 4.58. The molecular weight excluding hydrogens is 420 g/mol. The molecule has 5 nitrogen and oxygen atoms in total. The minimum absolute atomic E-state index is 0.00299. The molecule has 0 aromatic heterocycles. The second kappa shape index (κ2) is 11.1.